The van der Waals surface area contributed by atoms with Crippen LogP contribution in [0.15, 0.2) is 23.2 Å². The number of likely N-dealkylation sites (N-methyl/N-ethyl adjacent to an activating group) is 1. The molecule has 0 aromatic heterocycles. The summed E-state index contributed by atoms with van der Waals surface area (Å²) in [7, 11) is 3.72. The Bertz CT molecular complexity index is 515. The van der Waals surface area contributed by atoms with E-state index in [4.69, 9.17) is 19.9 Å². The Balaban J connectivity index is 0.00000576. The first-order valence-electron chi connectivity index (χ1n) is 8.24. The molecular formula is C17H31IN4O3. The Morgan fingerprint density at radius 3 is 2.56 bits per heavy atom. The number of nitrogens with one attached hydrogen (secondary N) is 1. The summed E-state index contributed by atoms with van der Waals surface area (Å²) in [6.07, 6.45) is 0. The molecule has 0 radical (unpaired) electrons. The quantitative estimate of drug-likeness (QED) is 0.296. The number of guanidine groups is 1. The zero-order chi connectivity index (χ0) is 17.8. The van der Waals surface area contributed by atoms with E-state index >= 15 is 0 Å². The van der Waals surface area contributed by atoms with Crippen molar-refractivity contribution in [3.63, 3.8) is 0 Å². The van der Waals surface area contributed by atoms with Crippen molar-refractivity contribution in [2.24, 2.45) is 10.7 Å². The van der Waals surface area contributed by atoms with Crippen molar-refractivity contribution in [1.29, 1.82) is 0 Å². The van der Waals surface area contributed by atoms with Crippen LogP contribution < -0.4 is 20.5 Å². The molecule has 0 bridgehead atoms. The Morgan fingerprint density at radius 2 is 1.92 bits per heavy atom. The van der Waals surface area contributed by atoms with E-state index in [1.165, 1.54) is 0 Å². The topological polar surface area (TPSA) is 81.3 Å². The van der Waals surface area contributed by atoms with E-state index in [0.29, 0.717) is 32.3 Å². The fourth-order valence-electron chi connectivity index (χ4n) is 2.02. The molecule has 0 aliphatic rings. The normalized spacial score (nSPS) is 11.2. The molecule has 0 unspecified atom stereocenters. The van der Waals surface area contributed by atoms with Gasteiger partial charge in [0.15, 0.2) is 5.96 Å². The molecule has 144 valence electrons. The van der Waals surface area contributed by atoms with Gasteiger partial charge in [0, 0.05) is 26.3 Å². The predicted molar refractivity (Wildman–Crippen MR) is 114 cm³/mol. The van der Waals surface area contributed by atoms with Crippen LogP contribution in [0.1, 0.15) is 13.8 Å². The Hall–Kier alpha value is -1.26. The highest BCUT2D eigenvalue weighted by molar-refractivity contribution is 14.0. The van der Waals surface area contributed by atoms with Crippen LogP contribution in [-0.4, -0.2) is 64.5 Å². The molecule has 0 heterocycles. The van der Waals surface area contributed by atoms with Gasteiger partial charge in [-0.2, -0.15) is 0 Å². The lowest BCUT2D eigenvalue weighted by atomic mass is 10.2. The molecule has 8 heteroatoms. The zero-order valence-corrected chi connectivity index (χ0v) is 17.9. The third-order valence-corrected chi connectivity index (χ3v) is 3.27. The van der Waals surface area contributed by atoms with Crippen LogP contribution in [0.2, 0.25) is 0 Å². The summed E-state index contributed by atoms with van der Waals surface area (Å²) in [4.78, 5) is 6.49. The molecule has 0 fully saturated rings. The van der Waals surface area contributed by atoms with Gasteiger partial charge in [0.25, 0.3) is 0 Å². The number of methoxy groups -OCH3 is 1. The largest absolute Gasteiger partial charge is 0.494 e. The second-order valence-corrected chi connectivity index (χ2v) is 5.21. The van der Waals surface area contributed by atoms with E-state index in [2.05, 4.69) is 15.2 Å². The highest BCUT2D eigenvalue weighted by atomic mass is 127. The summed E-state index contributed by atoms with van der Waals surface area (Å²) in [5.41, 5.74) is 6.73. The summed E-state index contributed by atoms with van der Waals surface area (Å²) in [5, 5.41) is 3.09. The van der Waals surface area contributed by atoms with Gasteiger partial charge < -0.3 is 30.2 Å². The molecule has 0 saturated heterocycles. The van der Waals surface area contributed by atoms with Crippen molar-refractivity contribution in [3.05, 3.63) is 18.2 Å². The predicted octanol–water partition coefficient (Wildman–Crippen LogP) is 2.41. The Morgan fingerprint density at radius 1 is 1.20 bits per heavy atom. The van der Waals surface area contributed by atoms with Crippen molar-refractivity contribution < 1.29 is 14.2 Å². The van der Waals surface area contributed by atoms with Crippen molar-refractivity contribution >= 4 is 35.6 Å². The van der Waals surface area contributed by atoms with Gasteiger partial charge in [-0.05, 0) is 33.0 Å². The van der Waals surface area contributed by atoms with Crippen LogP contribution in [0.25, 0.3) is 0 Å². The first-order valence-corrected chi connectivity index (χ1v) is 8.24. The molecule has 0 aliphatic carbocycles. The molecule has 25 heavy (non-hydrogen) atoms. The van der Waals surface area contributed by atoms with Crippen LogP contribution in [0.3, 0.4) is 0 Å². The van der Waals surface area contributed by atoms with E-state index in [1.54, 1.807) is 7.11 Å². The Kier molecular flexibility index (Phi) is 13.3. The summed E-state index contributed by atoms with van der Waals surface area (Å²) < 4.78 is 16.2. The van der Waals surface area contributed by atoms with E-state index in [9.17, 15) is 0 Å². The number of hydrogen-bond donors (Lipinski definition) is 2. The van der Waals surface area contributed by atoms with E-state index in [1.807, 2.05) is 39.1 Å². The van der Waals surface area contributed by atoms with Crippen LogP contribution in [0.4, 0.5) is 5.69 Å². The van der Waals surface area contributed by atoms with Gasteiger partial charge in [0.05, 0.1) is 32.1 Å². The maximum atomic E-state index is 5.98. The van der Waals surface area contributed by atoms with Gasteiger partial charge in [-0.1, -0.05) is 0 Å². The Labute approximate surface area is 167 Å². The van der Waals surface area contributed by atoms with Gasteiger partial charge >= 0.3 is 0 Å². The number of aliphatic imine (C=N–C) groups is 1. The van der Waals surface area contributed by atoms with Crippen LogP contribution in [0, 0.1) is 0 Å². The number of halogens is 1. The van der Waals surface area contributed by atoms with Crippen molar-refractivity contribution in [2.45, 2.75) is 13.8 Å². The van der Waals surface area contributed by atoms with E-state index < -0.39 is 0 Å². The molecular weight excluding hydrogens is 435 g/mol. The molecule has 0 spiro atoms. The monoisotopic (exact) mass is 466 g/mol. The molecule has 7 nitrogen and oxygen atoms in total. The lowest BCUT2D eigenvalue weighted by molar-refractivity contribution is 0.163. The van der Waals surface area contributed by atoms with E-state index in [0.717, 1.165) is 30.3 Å². The maximum absolute atomic E-state index is 5.98. The van der Waals surface area contributed by atoms with Crippen LogP contribution >= 0.6 is 24.0 Å². The number of anilines is 1. The fourth-order valence-corrected chi connectivity index (χ4v) is 2.02. The number of ether oxygens (including phenoxy) is 3. The number of nitrogens with zero attached hydrogens (tertiary/aromatic N) is 2. The first kappa shape index (κ1) is 23.7. The molecule has 1 aromatic carbocycles. The van der Waals surface area contributed by atoms with Gasteiger partial charge in [-0.15, -0.1) is 24.0 Å². The number of hydrogen-bond acceptors (Lipinski definition) is 5. The highest BCUT2D eigenvalue weighted by Gasteiger charge is 2.07. The second-order valence-electron chi connectivity index (χ2n) is 5.21. The number of benzene rings is 1. The summed E-state index contributed by atoms with van der Waals surface area (Å²) in [6.45, 7) is 8.04. The molecule has 1 rings (SSSR count). The third-order valence-electron chi connectivity index (χ3n) is 3.27. The number of rotatable bonds is 11. The minimum absolute atomic E-state index is 0. The minimum atomic E-state index is 0. The molecule has 0 saturated carbocycles. The van der Waals surface area contributed by atoms with Gasteiger partial charge in [0.2, 0.25) is 0 Å². The fraction of sp³-hybridized carbons (Fsp3) is 0.588. The SMILES string of the molecule is CCOc1ccc(OCC)c(NC(N)=NCCN(C)CCOC)c1.I. The molecule has 1 aromatic rings. The average Bonchev–Trinajstić information content (AvgIpc) is 2.55. The molecule has 0 atom stereocenters. The summed E-state index contributed by atoms with van der Waals surface area (Å²) >= 11 is 0. The summed E-state index contributed by atoms with van der Waals surface area (Å²) in [6, 6.07) is 5.60. The second kappa shape index (κ2) is 14.0. The molecule has 0 aliphatic heterocycles. The van der Waals surface area contributed by atoms with Crippen LogP contribution in [-0.2, 0) is 4.74 Å². The van der Waals surface area contributed by atoms with Crippen LogP contribution in [0.5, 0.6) is 11.5 Å². The lowest BCUT2D eigenvalue weighted by Crippen LogP contribution is -2.28. The third kappa shape index (κ3) is 9.71. The van der Waals surface area contributed by atoms with Crippen molar-refractivity contribution in [3.8, 4) is 11.5 Å². The minimum Gasteiger partial charge on any atom is -0.494 e. The van der Waals surface area contributed by atoms with Crippen molar-refractivity contribution in [2.75, 3.05) is 58.9 Å². The highest BCUT2D eigenvalue weighted by Crippen LogP contribution is 2.29. The first-order chi connectivity index (χ1) is 11.6. The maximum Gasteiger partial charge on any atom is 0.193 e. The standard InChI is InChI=1S/C17H30N4O3.HI/c1-5-23-14-7-8-16(24-6-2)15(13-14)20-17(18)19-9-10-21(3)11-12-22-4;/h7-8,13H,5-6,9-12H2,1-4H3,(H3,18,19,20);1H. The lowest BCUT2D eigenvalue weighted by Gasteiger charge is -2.15. The number of nitrogens with two attached hydrogens (primary N) is 1. The molecule has 3 N–H and O–H groups in total. The zero-order valence-electron chi connectivity index (χ0n) is 15.6. The summed E-state index contributed by atoms with van der Waals surface area (Å²) in [5.74, 6) is 1.83. The van der Waals surface area contributed by atoms with Gasteiger partial charge in [-0.3, -0.25) is 4.99 Å². The van der Waals surface area contributed by atoms with E-state index in [-0.39, 0.29) is 24.0 Å². The van der Waals surface area contributed by atoms with Crippen molar-refractivity contribution in [1.82, 2.24) is 4.90 Å². The molecule has 0 amide bonds. The van der Waals surface area contributed by atoms with Gasteiger partial charge in [0.1, 0.15) is 11.5 Å². The average molecular weight is 466 g/mol. The van der Waals surface area contributed by atoms with Gasteiger partial charge in [-0.25, -0.2) is 0 Å². The smallest absolute Gasteiger partial charge is 0.193 e.